The fourth-order valence-corrected chi connectivity index (χ4v) is 5.87. The topological polar surface area (TPSA) is 120 Å². The molecule has 1 amide bonds. The van der Waals surface area contributed by atoms with Gasteiger partial charge in [0.1, 0.15) is 5.60 Å². The number of ether oxygens (including phenoxy) is 1. The van der Waals surface area contributed by atoms with Gasteiger partial charge >= 0.3 is 6.09 Å². The molecule has 3 rings (SSSR count). The van der Waals surface area contributed by atoms with Gasteiger partial charge in [0.25, 0.3) is 5.69 Å². The van der Waals surface area contributed by atoms with Crippen LogP contribution in [0.3, 0.4) is 0 Å². The molecule has 1 aromatic carbocycles. The first-order chi connectivity index (χ1) is 12.5. The molecule has 0 radical (unpaired) electrons. The average Bonchev–Trinajstić information content (AvgIpc) is 3.20. The van der Waals surface area contributed by atoms with Gasteiger partial charge < -0.3 is 9.64 Å². The summed E-state index contributed by atoms with van der Waals surface area (Å²) in [5, 5.41) is 10.1. The number of non-ortho nitro benzene ring substituents is 1. The van der Waals surface area contributed by atoms with Crippen molar-refractivity contribution in [1.82, 2.24) is 9.88 Å². The molecule has 1 aliphatic rings. The molecule has 9 nitrogen and oxygen atoms in total. The highest BCUT2D eigenvalue weighted by Gasteiger charge is 2.39. The van der Waals surface area contributed by atoms with Crippen LogP contribution < -0.4 is 0 Å². The number of nitro groups is 1. The van der Waals surface area contributed by atoms with Crippen LogP contribution in [0.2, 0.25) is 0 Å². The van der Waals surface area contributed by atoms with Crippen molar-refractivity contribution in [2.75, 3.05) is 13.1 Å². The Morgan fingerprint density at radius 3 is 2.74 bits per heavy atom. The number of hydrogen-bond donors (Lipinski definition) is 0. The predicted octanol–water partition coefficient (Wildman–Crippen LogP) is 2.99. The molecule has 0 aliphatic carbocycles. The van der Waals surface area contributed by atoms with E-state index in [1.54, 1.807) is 20.8 Å². The summed E-state index contributed by atoms with van der Waals surface area (Å²) in [6.07, 6.45) is -0.252. The number of amides is 1. The number of fused-ring (bicyclic) bond motifs is 1. The Morgan fingerprint density at radius 1 is 1.41 bits per heavy atom. The van der Waals surface area contributed by atoms with Crippen LogP contribution in [0.4, 0.5) is 10.5 Å². The molecule has 1 atom stereocenters. The van der Waals surface area contributed by atoms with Gasteiger partial charge in [-0.15, -0.1) is 11.3 Å². The van der Waals surface area contributed by atoms with Gasteiger partial charge in [0.05, 0.1) is 20.4 Å². The molecule has 1 aliphatic heterocycles. The van der Waals surface area contributed by atoms with E-state index in [0.717, 1.165) is 11.3 Å². The number of benzene rings is 1. The molecule has 2 heterocycles. The lowest BCUT2D eigenvalue weighted by Gasteiger charge is -2.24. The van der Waals surface area contributed by atoms with Crippen molar-refractivity contribution < 1.29 is 22.9 Å². The second kappa shape index (κ2) is 6.71. The molecule has 11 heteroatoms. The summed E-state index contributed by atoms with van der Waals surface area (Å²) in [6.45, 7) is 5.56. The van der Waals surface area contributed by atoms with Crippen molar-refractivity contribution in [3.8, 4) is 0 Å². The zero-order chi connectivity index (χ0) is 20.0. The molecule has 0 unspecified atom stereocenters. The maximum absolute atomic E-state index is 12.9. The third-order valence-corrected chi connectivity index (χ3v) is 7.66. The van der Waals surface area contributed by atoms with Gasteiger partial charge in [0.2, 0.25) is 14.2 Å². The van der Waals surface area contributed by atoms with Crippen molar-refractivity contribution in [2.24, 2.45) is 0 Å². The number of carbonyl (C=O) groups excluding carboxylic acids is 1. The lowest BCUT2D eigenvalue weighted by Crippen LogP contribution is -2.36. The lowest BCUT2D eigenvalue weighted by molar-refractivity contribution is -0.384. The van der Waals surface area contributed by atoms with Gasteiger partial charge in [-0.05, 0) is 33.3 Å². The largest absolute Gasteiger partial charge is 0.444 e. The van der Waals surface area contributed by atoms with Gasteiger partial charge in [-0.1, -0.05) is 0 Å². The molecule has 1 fully saturated rings. The molecule has 0 spiro atoms. The van der Waals surface area contributed by atoms with E-state index in [9.17, 15) is 23.3 Å². The normalized spacial score (nSPS) is 18.0. The molecule has 2 aromatic rings. The highest BCUT2D eigenvalue weighted by atomic mass is 32.2. The Hall–Kier alpha value is -2.27. The molecule has 0 N–H and O–H groups in total. The minimum absolute atomic E-state index is 0.0350. The number of nitro benzene ring substituents is 1. The number of hydrogen-bond acceptors (Lipinski definition) is 8. The van der Waals surface area contributed by atoms with Crippen LogP contribution in [-0.2, 0) is 14.6 Å². The summed E-state index contributed by atoms with van der Waals surface area (Å²) in [7, 11) is -3.76. The summed E-state index contributed by atoms with van der Waals surface area (Å²) in [5.41, 5.74) is -0.529. The van der Waals surface area contributed by atoms with Crippen molar-refractivity contribution >= 4 is 43.2 Å². The molecule has 0 saturated carbocycles. The van der Waals surface area contributed by atoms with Crippen LogP contribution in [0.15, 0.2) is 22.5 Å². The minimum atomic E-state index is -3.76. The number of thiazole rings is 1. The SMILES string of the molecule is CC(C)(C)OC(=O)N1CC[C@@H](S(=O)(=O)c2nc3cc([N+](=O)[O-])ccc3s2)C1. The van der Waals surface area contributed by atoms with E-state index < -0.39 is 31.7 Å². The smallest absolute Gasteiger partial charge is 0.410 e. The highest BCUT2D eigenvalue weighted by Crippen LogP contribution is 2.32. The number of sulfone groups is 1. The van der Waals surface area contributed by atoms with Crippen LogP contribution >= 0.6 is 11.3 Å². The number of rotatable bonds is 3. The minimum Gasteiger partial charge on any atom is -0.444 e. The highest BCUT2D eigenvalue weighted by molar-refractivity contribution is 7.94. The zero-order valence-electron chi connectivity index (χ0n) is 15.0. The molecule has 0 bridgehead atoms. The van der Waals surface area contributed by atoms with Crippen molar-refractivity contribution in [1.29, 1.82) is 0 Å². The van der Waals surface area contributed by atoms with Gasteiger partial charge in [0, 0.05) is 25.2 Å². The zero-order valence-corrected chi connectivity index (χ0v) is 16.7. The van der Waals surface area contributed by atoms with Crippen LogP contribution in [0.25, 0.3) is 10.2 Å². The summed E-state index contributed by atoms with van der Waals surface area (Å²) < 4.78 is 31.6. The molecule has 27 heavy (non-hydrogen) atoms. The van der Waals surface area contributed by atoms with Crippen molar-refractivity contribution in [3.05, 3.63) is 28.3 Å². The number of aromatic nitrogens is 1. The van der Waals surface area contributed by atoms with Crippen molar-refractivity contribution in [3.63, 3.8) is 0 Å². The van der Waals surface area contributed by atoms with Gasteiger partial charge in [-0.2, -0.15) is 0 Å². The van der Waals surface area contributed by atoms with E-state index in [-0.39, 0.29) is 35.1 Å². The Morgan fingerprint density at radius 2 is 2.11 bits per heavy atom. The van der Waals surface area contributed by atoms with E-state index in [4.69, 9.17) is 4.74 Å². The Balaban J connectivity index is 1.82. The van der Waals surface area contributed by atoms with E-state index in [0.29, 0.717) is 4.70 Å². The fourth-order valence-electron chi connectivity index (χ4n) is 2.75. The first kappa shape index (κ1) is 19.5. The van der Waals surface area contributed by atoms with E-state index in [1.807, 2.05) is 0 Å². The Kier molecular flexibility index (Phi) is 4.85. The van der Waals surface area contributed by atoms with Crippen LogP contribution in [0.5, 0.6) is 0 Å². The Bertz CT molecular complexity index is 1010. The maximum atomic E-state index is 12.9. The molecule has 1 saturated heterocycles. The Labute approximate surface area is 160 Å². The summed E-state index contributed by atoms with van der Waals surface area (Å²) in [5.74, 6) is 0. The average molecular weight is 413 g/mol. The van der Waals surface area contributed by atoms with Crippen LogP contribution in [0.1, 0.15) is 27.2 Å². The number of likely N-dealkylation sites (tertiary alicyclic amines) is 1. The maximum Gasteiger partial charge on any atom is 0.410 e. The van der Waals surface area contributed by atoms with Crippen molar-refractivity contribution in [2.45, 2.75) is 42.4 Å². The van der Waals surface area contributed by atoms with Crippen LogP contribution in [-0.4, -0.2) is 53.3 Å². The third kappa shape index (κ3) is 4.03. The van der Waals surface area contributed by atoms with Gasteiger partial charge in [0.15, 0.2) is 0 Å². The second-order valence-electron chi connectivity index (χ2n) is 7.27. The second-order valence-corrected chi connectivity index (χ2v) is 10.7. The van der Waals surface area contributed by atoms with E-state index in [2.05, 4.69) is 4.98 Å². The monoisotopic (exact) mass is 413 g/mol. The fraction of sp³-hybridized carbons (Fsp3) is 0.500. The summed E-state index contributed by atoms with van der Waals surface area (Å²) >= 11 is 0.975. The first-order valence-electron chi connectivity index (χ1n) is 8.24. The lowest BCUT2D eigenvalue weighted by atomic mass is 10.2. The third-order valence-electron chi connectivity index (χ3n) is 4.04. The molecule has 1 aromatic heterocycles. The predicted molar refractivity (Wildman–Crippen MR) is 99.7 cm³/mol. The van der Waals surface area contributed by atoms with Gasteiger partial charge in [-0.3, -0.25) is 10.1 Å². The quantitative estimate of drug-likeness (QED) is 0.560. The summed E-state index contributed by atoms with van der Waals surface area (Å²) in [4.78, 5) is 27.9. The standard InChI is InChI=1S/C16H19N3O6S2/c1-16(2,3)25-15(20)18-7-6-11(9-18)27(23,24)14-17-12-8-10(19(21)22)4-5-13(12)26-14/h4-5,8,11H,6-7,9H2,1-3H3/t11-/m1/s1. The summed E-state index contributed by atoms with van der Waals surface area (Å²) in [6, 6.07) is 4.06. The van der Waals surface area contributed by atoms with E-state index >= 15 is 0 Å². The number of nitrogens with zero attached hydrogens (tertiary/aromatic N) is 3. The first-order valence-corrected chi connectivity index (χ1v) is 10.6. The van der Waals surface area contributed by atoms with E-state index in [1.165, 1.54) is 23.1 Å². The molecular weight excluding hydrogens is 394 g/mol. The molecular formula is C16H19N3O6S2. The van der Waals surface area contributed by atoms with Gasteiger partial charge in [-0.25, -0.2) is 18.2 Å². The molecule has 146 valence electrons. The van der Waals surface area contributed by atoms with Crippen LogP contribution in [0, 0.1) is 10.1 Å². The number of carbonyl (C=O) groups is 1.